The molecule has 0 atom stereocenters. The largest absolute Gasteiger partial charge is 0.495 e. The van der Waals surface area contributed by atoms with Gasteiger partial charge in [0.05, 0.1) is 12.8 Å². The van der Waals surface area contributed by atoms with Gasteiger partial charge in [-0.25, -0.2) is 13.6 Å². The van der Waals surface area contributed by atoms with Crippen molar-refractivity contribution < 1.29 is 17.9 Å². The summed E-state index contributed by atoms with van der Waals surface area (Å²) in [6.45, 7) is 2.37. The van der Waals surface area contributed by atoms with Crippen LogP contribution in [0.15, 0.2) is 53.4 Å². The molecule has 1 aromatic heterocycles. The van der Waals surface area contributed by atoms with Crippen molar-refractivity contribution in [1.29, 1.82) is 0 Å². The van der Waals surface area contributed by atoms with Gasteiger partial charge < -0.3 is 10.1 Å². The first kappa shape index (κ1) is 19.6. The molecule has 4 N–H and O–H groups in total. The van der Waals surface area contributed by atoms with Crippen LogP contribution in [-0.4, -0.2) is 31.6 Å². The molecule has 0 bridgehead atoms. The Morgan fingerprint density at radius 3 is 2.68 bits per heavy atom. The number of sulfonamides is 1. The number of amides is 1. The van der Waals surface area contributed by atoms with Gasteiger partial charge in [-0.15, -0.1) is 0 Å². The highest BCUT2D eigenvalue weighted by atomic mass is 32.2. The van der Waals surface area contributed by atoms with E-state index in [0.717, 1.165) is 11.1 Å². The Bertz CT molecular complexity index is 1120. The van der Waals surface area contributed by atoms with E-state index in [4.69, 9.17) is 9.88 Å². The second-order valence-electron chi connectivity index (χ2n) is 6.25. The van der Waals surface area contributed by atoms with E-state index < -0.39 is 10.0 Å². The molecule has 9 heteroatoms. The van der Waals surface area contributed by atoms with Crippen LogP contribution in [0.25, 0.3) is 11.3 Å². The number of nitrogens with two attached hydrogens (primary N) is 1. The number of nitrogens with one attached hydrogen (secondary N) is 2. The smallest absolute Gasteiger partial charge is 0.269 e. The van der Waals surface area contributed by atoms with E-state index in [1.165, 1.54) is 19.2 Å². The second-order valence-corrected chi connectivity index (χ2v) is 7.78. The SMILES string of the molecule is COc1ccc(-c2cc(C(=O)NCc3cccc(C)c3)[nH]n2)cc1S(N)(=O)=O. The average Bonchev–Trinajstić information content (AvgIpc) is 3.15. The number of hydrogen-bond acceptors (Lipinski definition) is 5. The number of methoxy groups -OCH3 is 1. The van der Waals surface area contributed by atoms with Crippen LogP contribution in [-0.2, 0) is 16.6 Å². The van der Waals surface area contributed by atoms with Crippen LogP contribution in [0.4, 0.5) is 0 Å². The van der Waals surface area contributed by atoms with Gasteiger partial charge in [0.1, 0.15) is 16.3 Å². The lowest BCUT2D eigenvalue weighted by atomic mass is 10.1. The summed E-state index contributed by atoms with van der Waals surface area (Å²) < 4.78 is 28.6. The fourth-order valence-electron chi connectivity index (χ4n) is 2.74. The van der Waals surface area contributed by atoms with E-state index in [9.17, 15) is 13.2 Å². The highest BCUT2D eigenvalue weighted by Crippen LogP contribution is 2.28. The minimum absolute atomic E-state index is 0.137. The number of rotatable bonds is 6. The molecule has 1 amide bonds. The number of aromatic amines is 1. The van der Waals surface area contributed by atoms with Crippen LogP contribution >= 0.6 is 0 Å². The fourth-order valence-corrected chi connectivity index (χ4v) is 3.47. The first-order valence-corrected chi connectivity index (χ1v) is 9.93. The second kappa shape index (κ2) is 7.83. The summed E-state index contributed by atoms with van der Waals surface area (Å²) in [5.74, 6) is -0.182. The van der Waals surface area contributed by atoms with Crippen LogP contribution in [0, 0.1) is 6.92 Å². The number of hydrogen-bond donors (Lipinski definition) is 3. The summed E-state index contributed by atoms with van der Waals surface area (Å²) in [5.41, 5.74) is 3.25. The van der Waals surface area contributed by atoms with Gasteiger partial charge in [-0.2, -0.15) is 5.10 Å². The Morgan fingerprint density at radius 1 is 1.21 bits per heavy atom. The number of H-pyrrole nitrogens is 1. The average molecular weight is 400 g/mol. The number of aryl methyl sites for hydroxylation is 1. The lowest BCUT2D eigenvalue weighted by Crippen LogP contribution is -2.23. The third kappa shape index (κ3) is 4.38. The topological polar surface area (TPSA) is 127 Å². The van der Waals surface area contributed by atoms with Gasteiger partial charge in [-0.3, -0.25) is 9.89 Å². The number of ether oxygens (including phenoxy) is 1. The molecule has 3 rings (SSSR count). The summed E-state index contributed by atoms with van der Waals surface area (Å²) in [5, 5.41) is 14.8. The lowest BCUT2D eigenvalue weighted by Gasteiger charge is -2.07. The van der Waals surface area contributed by atoms with Gasteiger partial charge in [0.15, 0.2) is 0 Å². The Labute approximate surface area is 162 Å². The Hall–Kier alpha value is -3.17. The number of primary sulfonamides is 1. The predicted octanol–water partition coefficient (Wildman–Crippen LogP) is 1.97. The molecule has 0 saturated heterocycles. The zero-order valence-corrected chi connectivity index (χ0v) is 16.2. The van der Waals surface area contributed by atoms with Crippen molar-refractivity contribution in [2.75, 3.05) is 7.11 Å². The summed E-state index contributed by atoms with van der Waals surface area (Å²) in [6.07, 6.45) is 0. The van der Waals surface area contributed by atoms with Crippen molar-refractivity contribution in [2.45, 2.75) is 18.4 Å². The van der Waals surface area contributed by atoms with Crippen molar-refractivity contribution in [3.8, 4) is 17.0 Å². The van der Waals surface area contributed by atoms with Crippen LogP contribution in [0.3, 0.4) is 0 Å². The molecule has 0 saturated carbocycles. The minimum atomic E-state index is -3.97. The molecule has 0 radical (unpaired) electrons. The lowest BCUT2D eigenvalue weighted by molar-refractivity contribution is 0.0946. The predicted molar refractivity (Wildman–Crippen MR) is 104 cm³/mol. The van der Waals surface area contributed by atoms with Crippen LogP contribution in [0.2, 0.25) is 0 Å². The standard InChI is InChI=1S/C19H20N4O4S/c1-12-4-3-5-13(8-12)11-21-19(24)16-10-15(22-23-16)14-6-7-17(27-2)18(9-14)28(20,25)26/h3-10H,11H2,1-2H3,(H,21,24)(H,22,23)(H2,20,25,26). The molecule has 0 aliphatic heterocycles. The quantitative estimate of drug-likeness (QED) is 0.583. The normalized spacial score (nSPS) is 11.2. The summed E-state index contributed by atoms with van der Waals surface area (Å²) in [7, 11) is -2.61. The van der Waals surface area contributed by atoms with E-state index in [2.05, 4.69) is 15.5 Å². The first-order valence-electron chi connectivity index (χ1n) is 8.38. The molecule has 3 aromatic rings. The van der Waals surface area contributed by atoms with Crippen LogP contribution in [0.5, 0.6) is 5.75 Å². The highest BCUT2D eigenvalue weighted by molar-refractivity contribution is 7.89. The number of carbonyl (C=O) groups is 1. The third-order valence-corrected chi connectivity index (χ3v) is 5.06. The van der Waals surface area contributed by atoms with Gasteiger partial charge in [0, 0.05) is 12.1 Å². The maximum atomic E-state index is 12.4. The zero-order valence-electron chi connectivity index (χ0n) is 15.4. The maximum Gasteiger partial charge on any atom is 0.269 e. The van der Waals surface area contributed by atoms with Crippen molar-refractivity contribution in [1.82, 2.24) is 15.5 Å². The molecule has 0 aliphatic rings. The van der Waals surface area contributed by atoms with Gasteiger partial charge in [0.25, 0.3) is 5.91 Å². The first-order chi connectivity index (χ1) is 13.3. The van der Waals surface area contributed by atoms with Crippen molar-refractivity contribution in [2.24, 2.45) is 5.14 Å². The number of aromatic nitrogens is 2. The van der Waals surface area contributed by atoms with Gasteiger partial charge in [0.2, 0.25) is 10.0 Å². The van der Waals surface area contributed by atoms with E-state index in [1.54, 1.807) is 12.1 Å². The maximum absolute atomic E-state index is 12.4. The van der Waals surface area contributed by atoms with E-state index in [1.807, 2.05) is 31.2 Å². The molecule has 2 aromatic carbocycles. The number of benzene rings is 2. The van der Waals surface area contributed by atoms with E-state index in [-0.39, 0.29) is 22.2 Å². The highest BCUT2D eigenvalue weighted by Gasteiger charge is 2.18. The number of carbonyl (C=O) groups excluding carboxylic acids is 1. The van der Waals surface area contributed by atoms with Gasteiger partial charge in [-0.1, -0.05) is 29.8 Å². The molecular weight excluding hydrogens is 380 g/mol. The molecular formula is C19H20N4O4S. The Morgan fingerprint density at radius 2 is 2.00 bits per heavy atom. The number of nitrogens with zero attached hydrogens (tertiary/aromatic N) is 1. The Kier molecular flexibility index (Phi) is 5.48. The molecule has 0 unspecified atom stereocenters. The van der Waals surface area contributed by atoms with Gasteiger partial charge >= 0.3 is 0 Å². The van der Waals surface area contributed by atoms with E-state index in [0.29, 0.717) is 17.8 Å². The third-order valence-electron chi connectivity index (χ3n) is 4.12. The minimum Gasteiger partial charge on any atom is -0.495 e. The summed E-state index contributed by atoms with van der Waals surface area (Å²) >= 11 is 0. The van der Waals surface area contributed by atoms with Crippen LogP contribution in [0.1, 0.15) is 21.6 Å². The van der Waals surface area contributed by atoms with E-state index >= 15 is 0 Å². The molecule has 8 nitrogen and oxygen atoms in total. The molecule has 0 aliphatic carbocycles. The van der Waals surface area contributed by atoms with Crippen molar-refractivity contribution >= 4 is 15.9 Å². The summed E-state index contributed by atoms with van der Waals surface area (Å²) in [4.78, 5) is 12.2. The molecule has 1 heterocycles. The van der Waals surface area contributed by atoms with Crippen LogP contribution < -0.4 is 15.2 Å². The monoisotopic (exact) mass is 400 g/mol. The van der Waals surface area contributed by atoms with Crippen molar-refractivity contribution in [3.63, 3.8) is 0 Å². The molecule has 0 fully saturated rings. The molecule has 0 spiro atoms. The Balaban J connectivity index is 1.79. The summed E-state index contributed by atoms with van der Waals surface area (Å²) in [6, 6.07) is 13.9. The van der Waals surface area contributed by atoms with Crippen molar-refractivity contribution in [3.05, 3.63) is 65.4 Å². The fraction of sp³-hybridized carbons (Fsp3) is 0.158. The molecule has 28 heavy (non-hydrogen) atoms. The van der Waals surface area contributed by atoms with Gasteiger partial charge in [-0.05, 0) is 36.8 Å². The molecule has 146 valence electrons. The zero-order chi connectivity index (χ0) is 20.3.